The molecule has 0 aliphatic carbocycles. The van der Waals surface area contributed by atoms with Crippen LogP contribution in [0.2, 0.25) is 0 Å². The monoisotopic (exact) mass is 670 g/mol. The fourth-order valence-corrected chi connectivity index (χ4v) is 7.71. The van der Waals surface area contributed by atoms with Gasteiger partial charge in [0.05, 0.1) is 0 Å². The van der Waals surface area contributed by atoms with E-state index in [1.807, 2.05) is 0 Å². The highest BCUT2D eigenvalue weighted by molar-refractivity contribution is 6.00. The van der Waals surface area contributed by atoms with Crippen LogP contribution < -0.4 is 5.32 Å². The summed E-state index contributed by atoms with van der Waals surface area (Å²) in [5, 5.41) is 2.83. The summed E-state index contributed by atoms with van der Waals surface area (Å²) in [6, 6.07) is 5.75. The van der Waals surface area contributed by atoms with Crippen molar-refractivity contribution in [1.29, 1.82) is 0 Å². The minimum atomic E-state index is -0.620. The van der Waals surface area contributed by atoms with Crippen LogP contribution in [0.15, 0.2) is 24.3 Å². The molecule has 0 atom stereocenters. The van der Waals surface area contributed by atoms with Crippen LogP contribution in [0.1, 0.15) is 178 Å². The SMILES string of the molecule is CCCCCCCCCCCCCCCCCCCC(=O)NC(=O)C1(N2CCCCC2)CCN(CCCC(=O)c2ccc(F)cc2)CC1. The number of likely N-dealkylation sites (tertiary alicyclic amines) is 2. The number of rotatable bonds is 25. The van der Waals surface area contributed by atoms with Crippen LogP contribution in [0, 0.1) is 5.82 Å². The first-order valence-corrected chi connectivity index (χ1v) is 20.0. The number of halogens is 1. The Morgan fingerprint density at radius 1 is 0.646 bits per heavy atom. The fraction of sp³-hybridized carbons (Fsp3) is 0.780. The first-order chi connectivity index (χ1) is 23.4. The Kier molecular flexibility index (Phi) is 20.2. The van der Waals surface area contributed by atoms with E-state index in [0.29, 0.717) is 31.2 Å². The summed E-state index contributed by atoms with van der Waals surface area (Å²) < 4.78 is 13.2. The lowest BCUT2D eigenvalue weighted by molar-refractivity contribution is -0.142. The van der Waals surface area contributed by atoms with E-state index in [0.717, 1.165) is 64.8 Å². The normalized spacial score (nSPS) is 17.0. The molecule has 1 N–H and O–H groups in total. The highest BCUT2D eigenvalue weighted by atomic mass is 19.1. The molecule has 0 saturated carbocycles. The maximum Gasteiger partial charge on any atom is 0.247 e. The molecule has 6 nitrogen and oxygen atoms in total. The lowest BCUT2D eigenvalue weighted by atomic mass is 9.83. The maximum absolute atomic E-state index is 13.7. The number of hydrogen-bond donors (Lipinski definition) is 1. The summed E-state index contributed by atoms with van der Waals surface area (Å²) >= 11 is 0. The van der Waals surface area contributed by atoms with E-state index in [1.54, 1.807) is 12.1 Å². The molecular formula is C41H68FN3O3. The Morgan fingerprint density at radius 3 is 1.67 bits per heavy atom. The van der Waals surface area contributed by atoms with E-state index < -0.39 is 5.54 Å². The number of carbonyl (C=O) groups is 3. The molecule has 0 radical (unpaired) electrons. The van der Waals surface area contributed by atoms with Crippen molar-refractivity contribution in [3.05, 3.63) is 35.6 Å². The Balaban J connectivity index is 1.26. The zero-order chi connectivity index (χ0) is 34.3. The Bertz CT molecular complexity index is 1030. The summed E-state index contributed by atoms with van der Waals surface area (Å²) in [7, 11) is 0. The summed E-state index contributed by atoms with van der Waals surface area (Å²) in [6.45, 7) is 6.45. The van der Waals surface area contributed by atoms with Gasteiger partial charge in [-0.3, -0.25) is 24.6 Å². The van der Waals surface area contributed by atoms with Gasteiger partial charge in [-0.15, -0.1) is 0 Å². The minimum Gasteiger partial charge on any atom is -0.303 e. The number of nitrogens with one attached hydrogen (secondary N) is 1. The van der Waals surface area contributed by atoms with Crippen molar-refractivity contribution >= 4 is 17.6 Å². The van der Waals surface area contributed by atoms with Gasteiger partial charge in [-0.05, 0) is 82.4 Å². The van der Waals surface area contributed by atoms with E-state index in [-0.39, 0.29) is 23.4 Å². The molecule has 2 aliphatic heterocycles. The van der Waals surface area contributed by atoms with E-state index in [1.165, 1.54) is 115 Å². The second kappa shape index (κ2) is 24.1. The molecule has 2 fully saturated rings. The quantitative estimate of drug-likeness (QED) is 0.0829. The molecule has 0 spiro atoms. The summed E-state index contributed by atoms with van der Waals surface area (Å²) in [6.07, 6.45) is 28.7. The van der Waals surface area contributed by atoms with Gasteiger partial charge in [0.15, 0.2) is 5.78 Å². The fourth-order valence-electron chi connectivity index (χ4n) is 7.71. The van der Waals surface area contributed by atoms with Crippen molar-refractivity contribution in [1.82, 2.24) is 15.1 Å². The van der Waals surface area contributed by atoms with E-state index in [9.17, 15) is 18.8 Å². The number of nitrogens with zero attached hydrogens (tertiary/aromatic N) is 2. The summed E-state index contributed by atoms with van der Waals surface area (Å²) in [5.74, 6) is -0.531. The topological polar surface area (TPSA) is 69.7 Å². The molecule has 2 amide bonds. The van der Waals surface area contributed by atoms with Crippen molar-refractivity contribution in [3.63, 3.8) is 0 Å². The van der Waals surface area contributed by atoms with Crippen LogP contribution >= 0.6 is 0 Å². The van der Waals surface area contributed by atoms with Gasteiger partial charge in [-0.1, -0.05) is 116 Å². The van der Waals surface area contributed by atoms with Crippen molar-refractivity contribution in [2.45, 2.75) is 173 Å². The Hall–Kier alpha value is -2.12. The van der Waals surface area contributed by atoms with E-state index in [4.69, 9.17) is 0 Å². The number of benzene rings is 1. The zero-order valence-corrected chi connectivity index (χ0v) is 30.5. The van der Waals surface area contributed by atoms with Gasteiger partial charge in [0.2, 0.25) is 11.8 Å². The molecule has 3 rings (SSSR count). The number of piperidine rings is 2. The maximum atomic E-state index is 13.7. The predicted octanol–water partition coefficient (Wildman–Crippen LogP) is 9.79. The molecular weight excluding hydrogens is 601 g/mol. The molecule has 48 heavy (non-hydrogen) atoms. The Morgan fingerprint density at radius 2 is 1.15 bits per heavy atom. The van der Waals surface area contributed by atoms with Gasteiger partial charge in [-0.2, -0.15) is 0 Å². The zero-order valence-electron chi connectivity index (χ0n) is 30.5. The van der Waals surface area contributed by atoms with Crippen molar-refractivity contribution in [2.24, 2.45) is 0 Å². The standard InChI is InChI=1S/C41H68FN3O3/c1-2-3-4-5-6-7-8-9-10-11-12-13-14-15-16-17-19-24-39(47)43-40(48)41(45-32-20-18-21-33-45)29-34-44(35-30-41)31-22-23-38(46)36-25-27-37(42)28-26-36/h25-28H,2-24,29-35H2,1H3,(H,43,47,48). The largest absolute Gasteiger partial charge is 0.303 e. The van der Waals surface area contributed by atoms with Gasteiger partial charge in [-0.25, -0.2) is 4.39 Å². The number of ketones is 1. The first-order valence-electron chi connectivity index (χ1n) is 20.0. The van der Waals surface area contributed by atoms with Gasteiger partial charge >= 0.3 is 0 Å². The van der Waals surface area contributed by atoms with Crippen LogP contribution in [0.25, 0.3) is 0 Å². The molecule has 7 heteroatoms. The molecule has 1 aromatic rings. The number of amides is 2. The predicted molar refractivity (Wildman–Crippen MR) is 196 cm³/mol. The lowest BCUT2D eigenvalue weighted by Gasteiger charge is -2.48. The number of unbranched alkanes of at least 4 members (excludes halogenated alkanes) is 16. The molecule has 2 aliphatic rings. The Labute approximate surface area is 292 Å². The number of carbonyl (C=O) groups excluding carboxylic acids is 3. The van der Waals surface area contributed by atoms with Crippen LogP contribution in [0.4, 0.5) is 4.39 Å². The second-order valence-electron chi connectivity index (χ2n) is 14.7. The minimum absolute atomic E-state index is 0.0344. The molecule has 1 aromatic carbocycles. The number of hydrogen-bond acceptors (Lipinski definition) is 5. The molecule has 0 unspecified atom stereocenters. The molecule has 2 heterocycles. The number of Topliss-reactive ketones (excluding diaryl/α,β-unsaturated/α-hetero) is 1. The highest BCUT2D eigenvalue weighted by Crippen LogP contribution is 2.32. The van der Waals surface area contributed by atoms with Crippen molar-refractivity contribution in [3.8, 4) is 0 Å². The first kappa shape index (κ1) is 40.3. The molecule has 2 saturated heterocycles. The summed E-state index contributed by atoms with van der Waals surface area (Å²) in [5.41, 5.74) is -0.0691. The van der Waals surface area contributed by atoms with E-state index in [2.05, 4.69) is 22.0 Å². The molecule has 0 bridgehead atoms. The van der Waals surface area contributed by atoms with Crippen LogP contribution in [0.3, 0.4) is 0 Å². The van der Waals surface area contributed by atoms with Crippen molar-refractivity contribution in [2.75, 3.05) is 32.7 Å². The molecule has 272 valence electrons. The van der Waals surface area contributed by atoms with Gasteiger partial charge < -0.3 is 4.90 Å². The second-order valence-corrected chi connectivity index (χ2v) is 14.7. The van der Waals surface area contributed by atoms with Crippen LogP contribution in [-0.2, 0) is 9.59 Å². The lowest BCUT2D eigenvalue weighted by Crippen LogP contribution is -2.64. The number of imide groups is 1. The highest BCUT2D eigenvalue weighted by Gasteiger charge is 2.46. The summed E-state index contributed by atoms with van der Waals surface area (Å²) in [4.78, 5) is 43.8. The third-order valence-corrected chi connectivity index (χ3v) is 10.9. The van der Waals surface area contributed by atoms with E-state index >= 15 is 0 Å². The van der Waals surface area contributed by atoms with Crippen LogP contribution in [-0.4, -0.2) is 65.7 Å². The van der Waals surface area contributed by atoms with Crippen molar-refractivity contribution < 1.29 is 18.8 Å². The van der Waals surface area contributed by atoms with Gasteiger partial charge in [0.1, 0.15) is 11.4 Å². The van der Waals surface area contributed by atoms with Gasteiger partial charge in [0.25, 0.3) is 0 Å². The smallest absolute Gasteiger partial charge is 0.247 e. The third-order valence-electron chi connectivity index (χ3n) is 10.9. The average Bonchev–Trinajstić information content (AvgIpc) is 3.10. The van der Waals surface area contributed by atoms with Gasteiger partial charge in [0, 0.05) is 31.5 Å². The average molecular weight is 670 g/mol. The van der Waals surface area contributed by atoms with Crippen LogP contribution in [0.5, 0.6) is 0 Å². The third kappa shape index (κ3) is 15.2. The molecule has 0 aromatic heterocycles.